The van der Waals surface area contributed by atoms with Gasteiger partial charge in [-0.1, -0.05) is 13.8 Å². The molecule has 0 aromatic carbocycles. The van der Waals surface area contributed by atoms with Crippen molar-refractivity contribution >= 4 is 12.2 Å². The van der Waals surface area contributed by atoms with Gasteiger partial charge in [0.1, 0.15) is 12.2 Å². The summed E-state index contributed by atoms with van der Waals surface area (Å²) in [4.78, 5) is 11.0. The maximum absolute atomic E-state index is 4.38. The summed E-state index contributed by atoms with van der Waals surface area (Å²) >= 11 is 0. The fourth-order valence-corrected chi connectivity index (χ4v) is 2.05. The second-order valence-corrected chi connectivity index (χ2v) is 4.21. The van der Waals surface area contributed by atoms with Gasteiger partial charge in [0, 0.05) is 19.0 Å². The topological polar surface area (TPSA) is 28.0 Å². The standard InChI is InChI=1S/C10H17N3/c1-8-3-4-13(6-8)10-9(2)5-11-7-12-10/h7-9H,3-6H2,1-2H3. The number of amidine groups is 1. The summed E-state index contributed by atoms with van der Waals surface area (Å²) in [5.41, 5.74) is 0. The minimum absolute atomic E-state index is 0.510. The highest BCUT2D eigenvalue weighted by molar-refractivity contribution is 5.92. The summed E-state index contributed by atoms with van der Waals surface area (Å²) in [5.74, 6) is 2.59. The zero-order valence-electron chi connectivity index (χ0n) is 8.40. The maximum Gasteiger partial charge on any atom is 0.112 e. The van der Waals surface area contributed by atoms with E-state index in [1.807, 2.05) is 0 Å². The summed E-state index contributed by atoms with van der Waals surface area (Å²) < 4.78 is 0. The highest BCUT2D eigenvalue weighted by atomic mass is 15.2. The third-order valence-electron chi connectivity index (χ3n) is 2.84. The highest BCUT2D eigenvalue weighted by Crippen LogP contribution is 2.19. The Labute approximate surface area is 79.6 Å². The number of aliphatic imine (C=N–C) groups is 2. The summed E-state index contributed by atoms with van der Waals surface area (Å²) in [7, 11) is 0. The van der Waals surface area contributed by atoms with Crippen LogP contribution in [0.2, 0.25) is 0 Å². The zero-order chi connectivity index (χ0) is 9.26. The van der Waals surface area contributed by atoms with Crippen LogP contribution < -0.4 is 0 Å². The lowest BCUT2D eigenvalue weighted by molar-refractivity contribution is 0.463. The van der Waals surface area contributed by atoms with Crippen molar-refractivity contribution in [1.82, 2.24) is 4.90 Å². The van der Waals surface area contributed by atoms with Gasteiger partial charge in [0.05, 0.1) is 6.54 Å². The molecule has 2 heterocycles. The van der Waals surface area contributed by atoms with Gasteiger partial charge in [0.25, 0.3) is 0 Å². The van der Waals surface area contributed by atoms with Crippen molar-refractivity contribution < 1.29 is 0 Å². The first-order valence-electron chi connectivity index (χ1n) is 5.08. The van der Waals surface area contributed by atoms with Crippen molar-refractivity contribution in [2.75, 3.05) is 19.6 Å². The fourth-order valence-electron chi connectivity index (χ4n) is 2.05. The van der Waals surface area contributed by atoms with E-state index >= 15 is 0 Å². The van der Waals surface area contributed by atoms with Crippen LogP contribution in [0, 0.1) is 11.8 Å². The molecule has 3 heteroatoms. The molecule has 0 radical (unpaired) electrons. The molecule has 2 aliphatic rings. The Balaban J connectivity index is 2.07. The minimum atomic E-state index is 0.510. The molecule has 0 aromatic rings. The van der Waals surface area contributed by atoms with Crippen molar-refractivity contribution in [3.05, 3.63) is 0 Å². The van der Waals surface area contributed by atoms with Crippen LogP contribution in [0.4, 0.5) is 0 Å². The molecule has 0 aliphatic carbocycles. The molecule has 0 saturated carbocycles. The van der Waals surface area contributed by atoms with Gasteiger partial charge in [-0.05, 0) is 12.3 Å². The fraction of sp³-hybridized carbons (Fsp3) is 0.800. The first-order valence-corrected chi connectivity index (χ1v) is 5.08. The van der Waals surface area contributed by atoms with Gasteiger partial charge in [-0.25, -0.2) is 4.99 Å². The molecule has 2 aliphatic heterocycles. The summed E-state index contributed by atoms with van der Waals surface area (Å²) in [6, 6.07) is 0. The van der Waals surface area contributed by atoms with E-state index in [-0.39, 0.29) is 0 Å². The molecular weight excluding hydrogens is 162 g/mol. The molecule has 0 bridgehead atoms. The Morgan fingerprint density at radius 1 is 1.46 bits per heavy atom. The smallest absolute Gasteiger partial charge is 0.112 e. The summed E-state index contributed by atoms with van der Waals surface area (Å²) in [5, 5.41) is 0. The molecule has 13 heavy (non-hydrogen) atoms. The molecule has 72 valence electrons. The molecule has 3 nitrogen and oxygen atoms in total. The number of hydrogen-bond donors (Lipinski definition) is 0. The average molecular weight is 179 g/mol. The van der Waals surface area contributed by atoms with E-state index in [2.05, 4.69) is 28.7 Å². The minimum Gasteiger partial charge on any atom is -0.359 e. The van der Waals surface area contributed by atoms with Crippen LogP contribution in [-0.2, 0) is 0 Å². The lowest BCUT2D eigenvalue weighted by atomic mass is 10.1. The Morgan fingerprint density at radius 2 is 2.31 bits per heavy atom. The molecule has 0 aromatic heterocycles. The number of nitrogens with zero attached hydrogens (tertiary/aromatic N) is 3. The van der Waals surface area contributed by atoms with Crippen LogP contribution in [0.3, 0.4) is 0 Å². The van der Waals surface area contributed by atoms with Crippen molar-refractivity contribution in [1.29, 1.82) is 0 Å². The van der Waals surface area contributed by atoms with Gasteiger partial charge in [-0.3, -0.25) is 4.99 Å². The van der Waals surface area contributed by atoms with E-state index in [0.717, 1.165) is 12.5 Å². The molecule has 2 atom stereocenters. The zero-order valence-corrected chi connectivity index (χ0v) is 8.40. The predicted molar refractivity (Wildman–Crippen MR) is 55.3 cm³/mol. The van der Waals surface area contributed by atoms with Gasteiger partial charge in [-0.2, -0.15) is 0 Å². The van der Waals surface area contributed by atoms with Gasteiger partial charge in [0.2, 0.25) is 0 Å². The number of rotatable bonds is 0. The monoisotopic (exact) mass is 179 g/mol. The van der Waals surface area contributed by atoms with Crippen molar-refractivity contribution in [2.45, 2.75) is 20.3 Å². The van der Waals surface area contributed by atoms with Gasteiger partial charge in [0.15, 0.2) is 0 Å². The Bertz CT molecular complexity index is 245. The predicted octanol–water partition coefficient (Wildman–Crippen LogP) is 1.40. The van der Waals surface area contributed by atoms with Crippen LogP contribution >= 0.6 is 0 Å². The molecule has 0 amide bonds. The van der Waals surface area contributed by atoms with E-state index < -0.39 is 0 Å². The average Bonchev–Trinajstić information content (AvgIpc) is 2.53. The van der Waals surface area contributed by atoms with Crippen molar-refractivity contribution in [2.24, 2.45) is 21.8 Å². The molecule has 1 saturated heterocycles. The molecular formula is C10H17N3. The van der Waals surface area contributed by atoms with E-state index in [4.69, 9.17) is 0 Å². The normalized spacial score (nSPS) is 33.7. The first-order chi connectivity index (χ1) is 6.27. The van der Waals surface area contributed by atoms with Crippen LogP contribution in [0.1, 0.15) is 20.3 Å². The van der Waals surface area contributed by atoms with Gasteiger partial charge >= 0.3 is 0 Å². The Kier molecular flexibility index (Phi) is 2.34. The Morgan fingerprint density at radius 3 is 2.92 bits per heavy atom. The summed E-state index contributed by atoms with van der Waals surface area (Å²) in [6.45, 7) is 7.78. The molecule has 2 rings (SSSR count). The van der Waals surface area contributed by atoms with Crippen LogP contribution in [0.25, 0.3) is 0 Å². The van der Waals surface area contributed by atoms with E-state index in [1.165, 1.54) is 25.3 Å². The second-order valence-electron chi connectivity index (χ2n) is 4.21. The van der Waals surface area contributed by atoms with Crippen molar-refractivity contribution in [3.8, 4) is 0 Å². The SMILES string of the molecule is CC1CCN(C2=NC=NCC2C)C1. The molecule has 1 fully saturated rings. The first kappa shape index (κ1) is 8.73. The quantitative estimate of drug-likeness (QED) is 0.552. The number of hydrogen-bond acceptors (Lipinski definition) is 3. The van der Waals surface area contributed by atoms with Gasteiger partial charge < -0.3 is 4.90 Å². The lowest BCUT2D eigenvalue weighted by Gasteiger charge is -2.25. The Hall–Kier alpha value is -0.860. The lowest BCUT2D eigenvalue weighted by Crippen LogP contribution is -2.36. The van der Waals surface area contributed by atoms with Crippen LogP contribution in [0.15, 0.2) is 9.98 Å². The van der Waals surface area contributed by atoms with Gasteiger partial charge in [-0.15, -0.1) is 0 Å². The molecule has 0 spiro atoms. The van der Waals surface area contributed by atoms with E-state index in [0.29, 0.717) is 5.92 Å². The van der Waals surface area contributed by atoms with E-state index in [1.54, 1.807) is 6.34 Å². The number of likely N-dealkylation sites (tertiary alicyclic amines) is 1. The van der Waals surface area contributed by atoms with Crippen LogP contribution in [-0.4, -0.2) is 36.7 Å². The second kappa shape index (κ2) is 3.48. The largest absolute Gasteiger partial charge is 0.359 e. The highest BCUT2D eigenvalue weighted by Gasteiger charge is 2.25. The molecule has 0 N–H and O–H groups in total. The summed E-state index contributed by atoms with van der Waals surface area (Å²) in [6.07, 6.45) is 3.02. The third kappa shape index (κ3) is 1.74. The van der Waals surface area contributed by atoms with Crippen LogP contribution in [0.5, 0.6) is 0 Å². The van der Waals surface area contributed by atoms with E-state index in [9.17, 15) is 0 Å². The third-order valence-corrected chi connectivity index (χ3v) is 2.84. The molecule has 2 unspecified atom stereocenters. The van der Waals surface area contributed by atoms with Crippen molar-refractivity contribution in [3.63, 3.8) is 0 Å². The maximum atomic E-state index is 4.38.